The largest absolute Gasteiger partial charge is 0.494 e. The maximum atomic E-state index is 13.5. The molecule has 2 aromatic heterocycles. The van der Waals surface area contributed by atoms with Crippen molar-refractivity contribution in [1.82, 2.24) is 19.5 Å². The molecule has 9 nitrogen and oxygen atoms in total. The Balaban J connectivity index is 1.22. The number of ether oxygens (including phenoxy) is 1. The summed E-state index contributed by atoms with van der Waals surface area (Å²) in [6, 6.07) is 4.08. The van der Waals surface area contributed by atoms with Gasteiger partial charge in [0.25, 0.3) is 5.91 Å². The number of hydrogen-bond donors (Lipinski definition) is 3. The van der Waals surface area contributed by atoms with Crippen molar-refractivity contribution in [1.29, 1.82) is 0 Å². The number of anilines is 2. The number of halogens is 2. The van der Waals surface area contributed by atoms with Gasteiger partial charge in [0.15, 0.2) is 5.75 Å². The molecule has 2 atom stereocenters. The summed E-state index contributed by atoms with van der Waals surface area (Å²) in [6.45, 7) is 0.370. The molecule has 0 radical (unpaired) electrons. The van der Waals surface area contributed by atoms with Crippen LogP contribution in [0.25, 0.3) is 0 Å². The molecule has 2 fully saturated rings. The summed E-state index contributed by atoms with van der Waals surface area (Å²) in [6.07, 6.45) is 7.85. The Labute approximate surface area is 213 Å². The zero-order valence-corrected chi connectivity index (χ0v) is 20.8. The van der Waals surface area contributed by atoms with E-state index in [1.165, 1.54) is 18.2 Å². The van der Waals surface area contributed by atoms with Crippen molar-refractivity contribution in [2.75, 3.05) is 24.3 Å². The number of nitrogens with one attached hydrogen (secondary N) is 2. The van der Waals surface area contributed by atoms with Gasteiger partial charge in [-0.15, -0.1) is 0 Å². The number of amides is 1. The van der Waals surface area contributed by atoms with E-state index in [9.17, 15) is 14.3 Å². The van der Waals surface area contributed by atoms with Crippen LogP contribution in [0, 0.1) is 17.7 Å². The Morgan fingerprint density at radius 1 is 1.25 bits per heavy atom. The van der Waals surface area contributed by atoms with Crippen molar-refractivity contribution >= 4 is 29.1 Å². The van der Waals surface area contributed by atoms with Crippen molar-refractivity contribution in [3.63, 3.8) is 0 Å². The first-order valence-corrected chi connectivity index (χ1v) is 12.2. The second-order valence-electron chi connectivity index (χ2n) is 9.79. The molecule has 2 saturated carbocycles. The predicted octanol–water partition coefficient (Wildman–Crippen LogP) is 4.01. The summed E-state index contributed by atoms with van der Waals surface area (Å²) in [5.74, 6) is 0.974. The Kier molecular flexibility index (Phi) is 6.57. The van der Waals surface area contributed by atoms with E-state index >= 15 is 0 Å². The van der Waals surface area contributed by atoms with Gasteiger partial charge in [-0.2, -0.15) is 0 Å². The molecule has 0 spiro atoms. The van der Waals surface area contributed by atoms with Gasteiger partial charge in [0.05, 0.1) is 42.1 Å². The van der Waals surface area contributed by atoms with E-state index in [0.717, 1.165) is 18.5 Å². The van der Waals surface area contributed by atoms with Crippen LogP contribution in [-0.2, 0) is 7.05 Å². The quantitative estimate of drug-likeness (QED) is 0.436. The molecule has 1 aromatic carbocycles. The summed E-state index contributed by atoms with van der Waals surface area (Å²) in [7, 11) is 3.34. The highest BCUT2D eigenvalue weighted by Crippen LogP contribution is 2.54. The topological polar surface area (TPSA) is 114 Å². The average Bonchev–Trinajstić information content (AvgIpc) is 3.51. The fraction of sp³-hybridized carbons (Fsp3) is 0.440. The van der Waals surface area contributed by atoms with Crippen LogP contribution in [0.15, 0.2) is 36.9 Å². The lowest BCUT2D eigenvalue weighted by molar-refractivity contribution is 0.0513. The zero-order valence-electron chi connectivity index (χ0n) is 20.0. The third-order valence-electron chi connectivity index (χ3n) is 7.31. The van der Waals surface area contributed by atoms with Crippen LogP contribution >= 0.6 is 11.6 Å². The second-order valence-corrected chi connectivity index (χ2v) is 10.2. The van der Waals surface area contributed by atoms with Crippen molar-refractivity contribution in [3.8, 4) is 5.75 Å². The van der Waals surface area contributed by atoms with E-state index in [2.05, 4.69) is 25.6 Å². The highest BCUT2D eigenvalue weighted by atomic mass is 35.5. The molecule has 2 aliphatic carbocycles. The van der Waals surface area contributed by atoms with Gasteiger partial charge in [-0.3, -0.25) is 4.79 Å². The number of carbonyl (C=O) groups is 1. The molecule has 3 N–H and O–H groups in total. The third-order valence-corrected chi connectivity index (χ3v) is 7.60. The van der Waals surface area contributed by atoms with Gasteiger partial charge < -0.3 is 25.0 Å². The van der Waals surface area contributed by atoms with E-state index in [0.29, 0.717) is 54.3 Å². The molecule has 1 amide bonds. The molecule has 2 unspecified atom stereocenters. The molecule has 5 rings (SSSR count). The monoisotopic (exact) mass is 514 g/mol. The van der Waals surface area contributed by atoms with Gasteiger partial charge in [-0.05, 0) is 55.7 Å². The van der Waals surface area contributed by atoms with Crippen molar-refractivity contribution < 1.29 is 19.0 Å². The van der Waals surface area contributed by atoms with Crippen molar-refractivity contribution in [3.05, 3.63) is 59.1 Å². The molecule has 0 aliphatic heterocycles. The van der Waals surface area contributed by atoms with Crippen molar-refractivity contribution in [2.24, 2.45) is 18.9 Å². The minimum atomic E-state index is -0.838. The molecule has 190 valence electrons. The van der Waals surface area contributed by atoms with Gasteiger partial charge in [0, 0.05) is 25.2 Å². The molecule has 11 heteroatoms. The van der Waals surface area contributed by atoms with Gasteiger partial charge in [0.2, 0.25) is 5.95 Å². The van der Waals surface area contributed by atoms with E-state index in [1.54, 1.807) is 37.4 Å². The van der Waals surface area contributed by atoms with E-state index in [1.807, 2.05) is 0 Å². The molecular weight excluding hydrogens is 487 g/mol. The summed E-state index contributed by atoms with van der Waals surface area (Å²) in [5.41, 5.74) is 0.815. The van der Waals surface area contributed by atoms with Crippen LogP contribution in [0.3, 0.4) is 0 Å². The van der Waals surface area contributed by atoms with Crippen LogP contribution in [0.1, 0.15) is 47.8 Å². The SMILES string of the molecule is COc1cnc(NCC2(O)CC3CC(c4ncn(C)c4C(=O)Nc4ccc(F)c(Cl)c4)CC3C2)nc1. The summed E-state index contributed by atoms with van der Waals surface area (Å²) < 4.78 is 20.3. The summed E-state index contributed by atoms with van der Waals surface area (Å²) in [4.78, 5) is 26.1. The van der Waals surface area contributed by atoms with Gasteiger partial charge in [-0.25, -0.2) is 19.3 Å². The number of methoxy groups -OCH3 is 1. The lowest BCUT2D eigenvalue weighted by atomic mass is 9.92. The number of aliphatic hydroxyl groups is 1. The number of fused-ring (bicyclic) bond motifs is 1. The molecule has 0 bridgehead atoms. The number of aryl methyl sites for hydroxylation is 1. The van der Waals surface area contributed by atoms with Crippen molar-refractivity contribution in [2.45, 2.75) is 37.2 Å². The molecule has 2 aliphatic rings. The first-order chi connectivity index (χ1) is 17.2. The number of nitrogens with zero attached hydrogens (tertiary/aromatic N) is 4. The van der Waals surface area contributed by atoms with E-state index in [4.69, 9.17) is 16.3 Å². The maximum Gasteiger partial charge on any atom is 0.274 e. The fourth-order valence-corrected chi connectivity index (χ4v) is 5.86. The molecule has 2 heterocycles. The zero-order chi connectivity index (χ0) is 25.4. The molecule has 36 heavy (non-hydrogen) atoms. The van der Waals surface area contributed by atoms with Gasteiger partial charge in [-0.1, -0.05) is 11.6 Å². The number of carbonyl (C=O) groups excluding carboxylic acids is 1. The maximum absolute atomic E-state index is 13.5. The highest BCUT2D eigenvalue weighted by molar-refractivity contribution is 6.31. The van der Waals surface area contributed by atoms with Crippen LogP contribution < -0.4 is 15.4 Å². The number of hydrogen-bond acceptors (Lipinski definition) is 7. The standard InChI is InChI=1S/C25H28ClFN6O3/c1-33-13-31-21(22(33)23(34)32-17-3-4-20(27)19(26)7-17)14-5-15-8-25(35,9-16(15)6-14)12-30-24-28-10-18(36-2)11-29-24/h3-4,7,10-11,13-16,35H,5-6,8-9,12H2,1-2H3,(H,32,34)(H,28,29,30). The lowest BCUT2D eigenvalue weighted by Gasteiger charge is -2.25. The summed E-state index contributed by atoms with van der Waals surface area (Å²) >= 11 is 5.85. The molecule has 3 aromatic rings. The van der Waals surface area contributed by atoms with Gasteiger partial charge in [0.1, 0.15) is 11.5 Å². The number of benzene rings is 1. The summed E-state index contributed by atoms with van der Waals surface area (Å²) in [5, 5.41) is 17.1. The normalized spacial score (nSPS) is 25.0. The van der Waals surface area contributed by atoms with Crippen LogP contribution in [0.4, 0.5) is 16.0 Å². The second kappa shape index (κ2) is 9.67. The Morgan fingerprint density at radius 2 is 1.94 bits per heavy atom. The fourth-order valence-electron chi connectivity index (χ4n) is 5.68. The first kappa shape index (κ1) is 24.5. The lowest BCUT2D eigenvalue weighted by Crippen LogP contribution is -2.35. The third kappa shape index (κ3) is 4.87. The Hall–Kier alpha value is -3.24. The minimum absolute atomic E-state index is 0.0535. The van der Waals surface area contributed by atoms with Crippen LogP contribution in [0.2, 0.25) is 5.02 Å². The number of rotatable bonds is 7. The molecule has 0 saturated heterocycles. The number of imidazole rings is 1. The number of aromatic nitrogens is 4. The Morgan fingerprint density at radius 3 is 2.58 bits per heavy atom. The van der Waals surface area contributed by atoms with E-state index < -0.39 is 11.4 Å². The van der Waals surface area contributed by atoms with Crippen LogP contribution in [-0.4, -0.2) is 49.8 Å². The van der Waals surface area contributed by atoms with Gasteiger partial charge >= 0.3 is 0 Å². The molecular formula is C25H28ClFN6O3. The Bertz CT molecular complexity index is 1250. The first-order valence-electron chi connectivity index (χ1n) is 11.8. The predicted molar refractivity (Wildman–Crippen MR) is 133 cm³/mol. The minimum Gasteiger partial charge on any atom is -0.494 e. The van der Waals surface area contributed by atoms with E-state index in [-0.39, 0.29) is 16.8 Å². The smallest absolute Gasteiger partial charge is 0.274 e. The highest BCUT2D eigenvalue weighted by Gasteiger charge is 2.49. The van der Waals surface area contributed by atoms with Crippen LogP contribution in [0.5, 0.6) is 5.75 Å². The average molecular weight is 515 g/mol.